The van der Waals surface area contributed by atoms with Gasteiger partial charge >= 0.3 is 0 Å². The number of hydrazine groups is 1. The van der Waals surface area contributed by atoms with Gasteiger partial charge in [0.25, 0.3) is 5.91 Å². The van der Waals surface area contributed by atoms with Crippen molar-refractivity contribution in [3.8, 4) is 0 Å². The van der Waals surface area contributed by atoms with E-state index in [1.54, 1.807) is 6.07 Å². The molecular formula is C13H18N4O2S. The quantitative estimate of drug-likeness (QED) is 0.418. The Morgan fingerprint density at radius 3 is 3.20 bits per heavy atom. The smallest absolute Gasteiger partial charge is 0.275 e. The molecule has 20 heavy (non-hydrogen) atoms. The van der Waals surface area contributed by atoms with Crippen LogP contribution in [-0.2, 0) is 11.3 Å². The van der Waals surface area contributed by atoms with Gasteiger partial charge in [0.15, 0.2) is 0 Å². The van der Waals surface area contributed by atoms with Crippen LogP contribution in [0.1, 0.15) is 27.4 Å². The Morgan fingerprint density at radius 2 is 2.40 bits per heavy atom. The van der Waals surface area contributed by atoms with E-state index in [-0.39, 0.29) is 17.7 Å². The predicted octanol–water partition coefficient (Wildman–Crippen LogP) is 0.0620. The Hall–Kier alpha value is -1.44. The minimum atomic E-state index is -0.254. The fraction of sp³-hybridized carbons (Fsp3) is 0.538. The molecule has 7 heteroatoms. The number of hydrogen-bond donors (Lipinski definition) is 3. The number of nitrogens with two attached hydrogens (primary N) is 1. The molecule has 2 saturated heterocycles. The van der Waals surface area contributed by atoms with E-state index in [2.05, 4.69) is 15.6 Å². The third-order valence-electron chi connectivity index (χ3n) is 4.09. The summed E-state index contributed by atoms with van der Waals surface area (Å²) in [5, 5.41) is 2.95. The Kier molecular flexibility index (Phi) is 3.73. The molecule has 0 saturated carbocycles. The number of hydrogen-bond acceptors (Lipinski definition) is 5. The van der Waals surface area contributed by atoms with Crippen LogP contribution in [0.4, 0.5) is 0 Å². The molecule has 3 heterocycles. The van der Waals surface area contributed by atoms with Gasteiger partial charge in [-0.2, -0.15) is 0 Å². The number of thiophene rings is 1. The number of nitrogens with one attached hydrogen (secondary N) is 2. The maximum absolute atomic E-state index is 11.7. The third-order valence-corrected chi connectivity index (χ3v) is 5.16. The van der Waals surface area contributed by atoms with Gasteiger partial charge in [0.1, 0.15) is 0 Å². The van der Waals surface area contributed by atoms with Crippen molar-refractivity contribution in [3.05, 3.63) is 21.9 Å². The lowest BCUT2D eigenvalue weighted by Gasteiger charge is -2.35. The molecule has 0 aliphatic carbocycles. The average molecular weight is 294 g/mol. The zero-order chi connectivity index (χ0) is 14.1. The standard InChI is InChI=1S/C13H18N4O2S/c14-16-13(19)11-4-3-8(20-11)7-17-5-1-2-9-10(17)6-15-12(9)18/h3-4,9-10H,1-2,5-7,14H2,(H,15,18)(H,16,19). The summed E-state index contributed by atoms with van der Waals surface area (Å²) in [6, 6.07) is 4.05. The monoisotopic (exact) mass is 294 g/mol. The highest BCUT2D eigenvalue weighted by molar-refractivity contribution is 7.14. The Morgan fingerprint density at radius 1 is 1.55 bits per heavy atom. The van der Waals surface area contributed by atoms with Gasteiger partial charge in [-0.15, -0.1) is 11.3 Å². The minimum Gasteiger partial charge on any atom is -0.354 e. The molecular weight excluding hydrogens is 276 g/mol. The first kappa shape index (κ1) is 13.5. The number of nitrogen functional groups attached to an aromatic ring is 1. The van der Waals surface area contributed by atoms with Gasteiger partial charge in [-0.05, 0) is 31.5 Å². The van der Waals surface area contributed by atoms with E-state index in [4.69, 9.17) is 5.84 Å². The van der Waals surface area contributed by atoms with Gasteiger partial charge in [0, 0.05) is 24.0 Å². The van der Waals surface area contributed by atoms with Crippen molar-refractivity contribution in [1.29, 1.82) is 0 Å². The molecule has 1 aromatic heterocycles. The van der Waals surface area contributed by atoms with E-state index in [9.17, 15) is 9.59 Å². The molecule has 2 fully saturated rings. The number of piperidine rings is 1. The van der Waals surface area contributed by atoms with Crippen molar-refractivity contribution in [2.24, 2.45) is 11.8 Å². The summed E-state index contributed by atoms with van der Waals surface area (Å²) in [5.74, 6) is 5.20. The maximum Gasteiger partial charge on any atom is 0.275 e. The first-order chi connectivity index (χ1) is 9.69. The molecule has 108 valence electrons. The molecule has 2 unspecified atom stereocenters. The number of rotatable bonds is 3. The molecule has 2 atom stereocenters. The summed E-state index contributed by atoms with van der Waals surface area (Å²) in [7, 11) is 0. The maximum atomic E-state index is 11.7. The summed E-state index contributed by atoms with van der Waals surface area (Å²) in [5.41, 5.74) is 2.14. The van der Waals surface area contributed by atoms with Gasteiger partial charge < -0.3 is 5.32 Å². The summed E-state index contributed by atoms with van der Waals surface area (Å²) >= 11 is 1.46. The second-order valence-electron chi connectivity index (χ2n) is 5.27. The van der Waals surface area contributed by atoms with Crippen LogP contribution in [0.15, 0.2) is 12.1 Å². The first-order valence-corrected chi connectivity index (χ1v) is 7.62. The second-order valence-corrected chi connectivity index (χ2v) is 6.44. The largest absolute Gasteiger partial charge is 0.354 e. The number of carbonyl (C=O) groups excluding carboxylic acids is 2. The fourth-order valence-electron chi connectivity index (χ4n) is 3.09. The zero-order valence-corrected chi connectivity index (χ0v) is 11.9. The van der Waals surface area contributed by atoms with Crippen molar-refractivity contribution in [3.63, 3.8) is 0 Å². The van der Waals surface area contributed by atoms with Gasteiger partial charge in [-0.25, -0.2) is 5.84 Å². The lowest BCUT2D eigenvalue weighted by Crippen LogP contribution is -2.44. The highest BCUT2D eigenvalue weighted by Gasteiger charge is 2.40. The van der Waals surface area contributed by atoms with Crippen LogP contribution in [0.2, 0.25) is 0 Å². The Labute approximate surface area is 121 Å². The van der Waals surface area contributed by atoms with E-state index >= 15 is 0 Å². The summed E-state index contributed by atoms with van der Waals surface area (Å²) in [4.78, 5) is 27.3. The van der Waals surface area contributed by atoms with E-state index in [1.807, 2.05) is 6.07 Å². The number of nitrogens with zero attached hydrogens (tertiary/aromatic N) is 1. The van der Waals surface area contributed by atoms with Crippen LogP contribution < -0.4 is 16.6 Å². The summed E-state index contributed by atoms with van der Waals surface area (Å²) in [6.45, 7) is 2.54. The Bertz CT molecular complexity index is 530. The van der Waals surface area contributed by atoms with Crippen molar-refractivity contribution >= 4 is 23.2 Å². The molecule has 2 aliphatic rings. The summed E-state index contributed by atoms with van der Waals surface area (Å²) in [6.07, 6.45) is 2.04. The second kappa shape index (κ2) is 5.51. The molecule has 6 nitrogen and oxygen atoms in total. The zero-order valence-electron chi connectivity index (χ0n) is 11.1. The molecule has 0 radical (unpaired) electrons. The SMILES string of the molecule is NNC(=O)c1ccc(CN2CCCC3C(=O)NCC32)s1. The summed E-state index contributed by atoms with van der Waals surface area (Å²) < 4.78 is 0. The van der Waals surface area contributed by atoms with Gasteiger partial charge in [0.2, 0.25) is 5.91 Å². The van der Waals surface area contributed by atoms with Gasteiger partial charge in [0.05, 0.1) is 10.8 Å². The normalized spacial score (nSPS) is 26.1. The van der Waals surface area contributed by atoms with E-state index in [0.717, 1.165) is 37.4 Å². The molecule has 3 rings (SSSR count). The van der Waals surface area contributed by atoms with E-state index in [1.165, 1.54) is 11.3 Å². The number of carbonyl (C=O) groups is 2. The van der Waals surface area contributed by atoms with E-state index in [0.29, 0.717) is 10.9 Å². The van der Waals surface area contributed by atoms with Crippen LogP contribution in [-0.4, -0.2) is 35.8 Å². The van der Waals surface area contributed by atoms with E-state index < -0.39 is 0 Å². The van der Waals surface area contributed by atoms with Crippen LogP contribution in [0.5, 0.6) is 0 Å². The number of likely N-dealkylation sites (tertiary alicyclic amines) is 1. The van der Waals surface area contributed by atoms with Crippen molar-refractivity contribution in [1.82, 2.24) is 15.6 Å². The van der Waals surface area contributed by atoms with Gasteiger partial charge in [-0.1, -0.05) is 0 Å². The molecule has 4 N–H and O–H groups in total. The van der Waals surface area contributed by atoms with Crippen LogP contribution in [0.3, 0.4) is 0 Å². The minimum absolute atomic E-state index is 0.135. The lowest BCUT2D eigenvalue weighted by atomic mass is 9.91. The number of fused-ring (bicyclic) bond motifs is 1. The van der Waals surface area contributed by atoms with Crippen molar-refractivity contribution in [2.45, 2.75) is 25.4 Å². The van der Waals surface area contributed by atoms with Crippen LogP contribution in [0, 0.1) is 5.92 Å². The fourth-order valence-corrected chi connectivity index (χ4v) is 4.03. The van der Waals surface area contributed by atoms with Gasteiger partial charge in [-0.3, -0.25) is 19.9 Å². The molecule has 0 spiro atoms. The molecule has 2 amide bonds. The Balaban J connectivity index is 1.69. The molecule has 2 aliphatic heterocycles. The lowest BCUT2D eigenvalue weighted by molar-refractivity contribution is -0.124. The van der Waals surface area contributed by atoms with Crippen molar-refractivity contribution in [2.75, 3.05) is 13.1 Å². The third kappa shape index (κ3) is 2.44. The highest BCUT2D eigenvalue weighted by Crippen LogP contribution is 2.29. The van der Waals surface area contributed by atoms with Crippen LogP contribution in [0.25, 0.3) is 0 Å². The first-order valence-electron chi connectivity index (χ1n) is 6.80. The molecule has 1 aromatic rings. The highest BCUT2D eigenvalue weighted by atomic mass is 32.1. The average Bonchev–Trinajstić information content (AvgIpc) is 3.07. The topological polar surface area (TPSA) is 87.5 Å². The molecule has 0 bridgehead atoms. The van der Waals surface area contributed by atoms with Crippen LogP contribution >= 0.6 is 11.3 Å². The van der Waals surface area contributed by atoms with Crippen molar-refractivity contribution < 1.29 is 9.59 Å². The molecule has 0 aromatic carbocycles. The predicted molar refractivity (Wildman–Crippen MR) is 75.9 cm³/mol. The number of amides is 2.